The Labute approximate surface area is 167 Å². The van der Waals surface area contributed by atoms with E-state index in [0.717, 1.165) is 0 Å². The molecule has 0 amide bonds. The fourth-order valence-electron chi connectivity index (χ4n) is 2.70. The number of aliphatic hydroxyl groups is 2. The van der Waals surface area contributed by atoms with E-state index in [4.69, 9.17) is 13.9 Å². The molecule has 0 radical (unpaired) electrons. The minimum Gasteiger partial charge on any atom is -0.465 e. The van der Waals surface area contributed by atoms with Gasteiger partial charge in [-0.05, 0) is 6.07 Å². The Morgan fingerprint density at radius 1 is 1.00 bits per heavy atom. The normalized spacial score (nSPS) is 13.1. The van der Waals surface area contributed by atoms with Crippen LogP contribution in [0.1, 0.15) is 42.6 Å². The van der Waals surface area contributed by atoms with Gasteiger partial charge in [-0.1, -0.05) is 44.2 Å². The number of hydrogen-bond acceptors (Lipinski definition) is 7. The second-order valence-electron chi connectivity index (χ2n) is 6.44. The molecule has 1 aromatic heterocycles. The first kappa shape index (κ1) is 20.6. The fraction of sp³-hybridized carbons (Fsp3) is 0.273. The molecule has 29 heavy (non-hydrogen) atoms. The van der Waals surface area contributed by atoms with Crippen molar-refractivity contribution in [1.82, 2.24) is 0 Å². The van der Waals surface area contributed by atoms with Crippen molar-refractivity contribution in [2.45, 2.75) is 39.3 Å². The molecular formula is C22H22O7. The molecule has 2 unspecified atom stereocenters. The largest absolute Gasteiger partial charge is 0.465 e. The molecule has 0 aliphatic carbocycles. The van der Waals surface area contributed by atoms with Gasteiger partial charge < -0.3 is 24.1 Å². The number of fused-ring (bicyclic) bond motifs is 1. The number of hydrogen-bond donors (Lipinski definition) is 2. The summed E-state index contributed by atoms with van der Waals surface area (Å²) in [5.41, 5.74) is -0.497. The molecule has 0 saturated heterocycles. The lowest BCUT2D eigenvalue weighted by Gasteiger charge is -2.17. The van der Waals surface area contributed by atoms with Crippen LogP contribution in [-0.4, -0.2) is 28.6 Å². The van der Waals surface area contributed by atoms with Crippen LogP contribution in [0.5, 0.6) is 11.5 Å². The van der Waals surface area contributed by atoms with Crippen molar-refractivity contribution in [3.8, 4) is 11.5 Å². The van der Waals surface area contributed by atoms with Crippen LogP contribution < -0.4 is 15.1 Å². The molecule has 0 saturated carbocycles. The minimum absolute atomic E-state index is 0.110. The van der Waals surface area contributed by atoms with Crippen LogP contribution in [0.15, 0.2) is 57.7 Å². The van der Waals surface area contributed by atoms with Gasteiger partial charge >= 0.3 is 5.63 Å². The third-order valence-electron chi connectivity index (χ3n) is 4.30. The first-order valence-electron chi connectivity index (χ1n) is 9.34. The summed E-state index contributed by atoms with van der Waals surface area (Å²) in [5.74, 6) is -0.110. The maximum atomic E-state index is 12.7. The number of carbonyl (C=O) groups excluding carboxylic acids is 1. The third kappa shape index (κ3) is 4.64. The number of ether oxygens (including phenoxy) is 2. The summed E-state index contributed by atoms with van der Waals surface area (Å²) in [7, 11) is 0. The monoisotopic (exact) mass is 398 g/mol. The molecule has 2 atom stereocenters. The van der Waals surface area contributed by atoms with Gasteiger partial charge in [0.2, 0.25) is 0 Å². The zero-order chi connectivity index (χ0) is 21.0. The number of aliphatic hydroxyl groups excluding tert-OH is 2. The summed E-state index contributed by atoms with van der Waals surface area (Å²) in [6.45, 7) is 3.48. The van der Waals surface area contributed by atoms with Gasteiger partial charge in [-0.2, -0.15) is 0 Å². The first-order chi connectivity index (χ1) is 13.9. The van der Waals surface area contributed by atoms with Crippen molar-refractivity contribution >= 4 is 16.8 Å². The minimum atomic E-state index is -1.11. The molecule has 0 aliphatic rings. The highest BCUT2D eigenvalue weighted by Gasteiger charge is 2.20. The van der Waals surface area contributed by atoms with E-state index in [1.807, 2.05) is 0 Å². The number of benzene rings is 2. The van der Waals surface area contributed by atoms with Crippen LogP contribution in [0, 0.1) is 0 Å². The zero-order valence-electron chi connectivity index (χ0n) is 16.1. The van der Waals surface area contributed by atoms with Gasteiger partial charge in [-0.15, -0.1) is 0 Å². The highest BCUT2D eigenvalue weighted by Crippen LogP contribution is 2.33. The van der Waals surface area contributed by atoms with Crippen LogP contribution in [0.25, 0.3) is 11.0 Å². The molecule has 152 valence electrons. The zero-order valence-corrected chi connectivity index (χ0v) is 16.1. The summed E-state index contributed by atoms with van der Waals surface area (Å²) in [5, 5.41) is 20.0. The topological polar surface area (TPSA) is 106 Å². The van der Waals surface area contributed by atoms with E-state index in [1.54, 1.807) is 44.2 Å². The molecule has 0 bridgehead atoms. The van der Waals surface area contributed by atoms with Crippen LogP contribution in [0.2, 0.25) is 0 Å². The molecule has 3 rings (SSSR count). The van der Waals surface area contributed by atoms with E-state index in [-0.39, 0.29) is 22.6 Å². The molecule has 3 aromatic rings. The molecule has 2 N–H and O–H groups in total. The summed E-state index contributed by atoms with van der Waals surface area (Å²) < 4.78 is 16.3. The van der Waals surface area contributed by atoms with E-state index < -0.39 is 24.0 Å². The maximum Gasteiger partial charge on any atom is 0.347 e. The standard InChI is InChI=1S/C22H22O7/c1-3-19(23)27-14-10-17(28-20(24)4-2)15-12-16(22(26)29-18(15)11-14)21(25)13-8-6-5-7-9-13/h5-12,19-20,23-24H,3-4H2,1-2H3. The van der Waals surface area contributed by atoms with E-state index >= 15 is 0 Å². The molecular weight excluding hydrogens is 376 g/mol. The quantitative estimate of drug-likeness (QED) is 0.341. The summed E-state index contributed by atoms with van der Waals surface area (Å²) >= 11 is 0. The van der Waals surface area contributed by atoms with Crippen molar-refractivity contribution < 1.29 is 28.9 Å². The smallest absolute Gasteiger partial charge is 0.347 e. The summed E-state index contributed by atoms with van der Waals surface area (Å²) in [6.07, 6.45) is -1.50. The molecule has 0 aliphatic heterocycles. The highest BCUT2D eigenvalue weighted by atomic mass is 16.6. The van der Waals surface area contributed by atoms with Crippen molar-refractivity contribution in [2.24, 2.45) is 0 Å². The van der Waals surface area contributed by atoms with Crippen LogP contribution in [0.3, 0.4) is 0 Å². The lowest BCUT2D eigenvalue weighted by molar-refractivity contribution is -0.0232. The Hall–Kier alpha value is -3.16. The summed E-state index contributed by atoms with van der Waals surface area (Å²) in [6, 6.07) is 12.7. The molecule has 0 fully saturated rings. The number of carbonyl (C=O) groups is 1. The van der Waals surface area contributed by atoms with E-state index in [9.17, 15) is 19.8 Å². The Kier molecular flexibility index (Phi) is 6.31. The van der Waals surface area contributed by atoms with Crippen LogP contribution in [0.4, 0.5) is 0 Å². The fourth-order valence-corrected chi connectivity index (χ4v) is 2.70. The van der Waals surface area contributed by atoms with Gasteiger partial charge in [0.15, 0.2) is 18.4 Å². The van der Waals surface area contributed by atoms with Crippen molar-refractivity contribution in [2.75, 3.05) is 0 Å². The third-order valence-corrected chi connectivity index (χ3v) is 4.30. The Morgan fingerprint density at radius 3 is 2.31 bits per heavy atom. The second-order valence-corrected chi connectivity index (χ2v) is 6.44. The molecule has 2 aromatic carbocycles. The van der Waals surface area contributed by atoms with Crippen molar-refractivity contribution in [3.05, 3.63) is 70.1 Å². The number of ketones is 1. The lowest BCUT2D eigenvalue weighted by Crippen LogP contribution is -2.17. The molecule has 7 nitrogen and oxygen atoms in total. The molecule has 7 heteroatoms. The van der Waals surface area contributed by atoms with E-state index in [2.05, 4.69) is 0 Å². The second kappa shape index (κ2) is 8.89. The number of rotatable bonds is 8. The average Bonchev–Trinajstić information content (AvgIpc) is 2.73. The summed E-state index contributed by atoms with van der Waals surface area (Å²) in [4.78, 5) is 25.2. The van der Waals surface area contributed by atoms with Crippen molar-refractivity contribution in [3.63, 3.8) is 0 Å². The Morgan fingerprint density at radius 2 is 1.66 bits per heavy atom. The van der Waals surface area contributed by atoms with E-state index in [1.165, 1.54) is 18.2 Å². The van der Waals surface area contributed by atoms with Gasteiger partial charge in [0.1, 0.15) is 22.6 Å². The first-order valence-corrected chi connectivity index (χ1v) is 9.34. The van der Waals surface area contributed by atoms with Gasteiger partial charge in [0.05, 0.1) is 5.39 Å². The molecule has 0 spiro atoms. The average molecular weight is 398 g/mol. The van der Waals surface area contributed by atoms with Gasteiger partial charge in [0, 0.05) is 30.5 Å². The lowest BCUT2D eigenvalue weighted by atomic mass is 10.0. The maximum absolute atomic E-state index is 12.7. The van der Waals surface area contributed by atoms with Crippen LogP contribution in [-0.2, 0) is 0 Å². The van der Waals surface area contributed by atoms with E-state index in [0.29, 0.717) is 23.8 Å². The van der Waals surface area contributed by atoms with Crippen molar-refractivity contribution in [1.29, 1.82) is 0 Å². The van der Waals surface area contributed by atoms with Crippen LogP contribution >= 0.6 is 0 Å². The Bertz CT molecular complexity index is 1060. The Balaban J connectivity index is 2.14. The predicted octanol–water partition coefficient (Wildman–Crippen LogP) is 3.24. The SMILES string of the molecule is CCC(O)Oc1cc(OC(O)CC)c2cc(C(=O)c3ccccc3)c(=O)oc2c1. The highest BCUT2D eigenvalue weighted by molar-refractivity contribution is 6.10. The predicted molar refractivity (Wildman–Crippen MR) is 106 cm³/mol. The molecule has 1 heterocycles. The van der Waals surface area contributed by atoms with Gasteiger partial charge in [-0.25, -0.2) is 4.79 Å². The van der Waals surface area contributed by atoms with Gasteiger partial charge in [0.25, 0.3) is 0 Å². The van der Waals surface area contributed by atoms with Gasteiger partial charge in [-0.3, -0.25) is 4.79 Å².